The predicted octanol–water partition coefficient (Wildman–Crippen LogP) is 2.11. The molecule has 2 aromatic carbocycles. The van der Waals surface area contributed by atoms with E-state index in [0.29, 0.717) is 42.4 Å². The lowest BCUT2D eigenvalue weighted by Crippen LogP contribution is -2.48. The van der Waals surface area contributed by atoms with Crippen LogP contribution in [0.2, 0.25) is 0 Å². The number of amides is 2. The molecule has 0 spiro atoms. The first-order chi connectivity index (χ1) is 14.9. The molecule has 1 saturated heterocycles. The predicted molar refractivity (Wildman–Crippen MR) is 111 cm³/mol. The topological polar surface area (TPSA) is 93.2 Å². The van der Waals surface area contributed by atoms with Crippen LogP contribution in [-0.4, -0.2) is 55.7 Å². The van der Waals surface area contributed by atoms with Gasteiger partial charge in [-0.05, 0) is 42.2 Å². The molecule has 31 heavy (non-hydrogen) atoms. The Bertz CT molecular complexity index is 1160. The Labute approximate surface area is 180 Å². The zero-order valence-electron chi connectivity index (χ0n) is 16.8. The van der Waals surface area contributed by atoms with Crippen LogP contribution in [0.25, 0.3) is 0 Å². The Kier molecular flexibility index (Phi) is 4.85. The van der Waals surface area contributed by atoms with Crippen molar-refractivity contribution in [2.24, 2.45) is 0 Å². The molecule has 1 fully saturated rings. The van der Waals surface area contributed by atoms with Crippen LogP contribution in [-0.2, 0) is 20.6 Å². The number of hydrogen-bond acceptors (Lipinski definition) is 6. The Balaban J connectivity index is 1.38. The summed E-state index contributed by atoms with van der Waals surface area (Å²) in [6.07, 6.45) is 1.56. The third-order valence-corrected chi connectivity index (χ3v) is 7.59. The lowest BCUT2D eigenvalue weighted by Gasteiger charge is -2.31. The molecule has 2 aromatic rings. The number of carbonyl (C=O) groups excluding carboxylic acids is 2. The van der Waals surface area contributed by atoms with Gasteiger partial charge in [0.05, 0.1) is 11.8 Å². The lowest BCUT2D eigenvalue weighted by atomic mass is 10.0. The largest absolute Gasteiger partial charge is 0.486 e. The van der Waals surface area contributed by atoms with Crippen LogP contribution in [0, 0.1) is 0 Å². The fourth-order valence-electron chi connectivity index (χ4n) is 4.45. The SMILES string of the molecule is O=C(CN1C(=O)c2ccccc2CS1(=O)=O)N1CCCC1c1ccc2c(c1)OCCO2. The van der Waals surface area contributed by atoms with Crippen molar-refractivity contribution >= 4 is 21.8 Å². The summed E-state index contributed by atoms with van der Waals surface area (Å²) in [4.78, 5) is 27.6. The number of sulfonamides is 1. The molecule has 5 rings (SSSR count). The van der Waals surface area contributed by atoms with Crippen LogP contribution in [0.1, 0.15) is 40.4 Å². The van der Waals surface area contributed by atoms with E-state index in [1.54, 1.807) is 29.2 Å². The maximum Gasteiger partial charge on any atom is 0.268 e. The fraction of sp³-hybridized carbons (Fsp3) is 0.364. The van der Waals surface area contributed by atoms with Crippen molar-refractivity contribution in [2.45, 2.75) is 24.6 Å². The van der Waals surface area contributed by atoms with E-state index in [1.165, 1.54) is 0 Å². The molecule has 162 valence electrons. The normalized spacial score (nSPS) is 21.7. The Morgan fingerprint density at radius 3 is 2.68 bits per heavy atom. The number of hydrogen-bond donors (Lipinski definition) is 0. The molecule has 0 saturated carbocycles. The smallest absolute Gasteiger partial charge is 0.268 e. The maximum atomic E-state index is 13.1. The summed E-state index contributed by atoms with van der Waals surface area (Å²) in [7, 11) is -3.91. The number of ether oxygens (including phenoxy) is 2. The number of rotatable bonds is 3. The molecule has 8 nitrogen and oxygen atoms in total. The monoisotopic (exact) mass is 442 g/mol. The third kappa shape index (κ3) is 3.52. The zero-order chi connectivity index (χ0) is 21.6. The molecule has 1 unspecified atom stereocenters. The van der Waals surface area contributed by atoms with Crippen LogP contribution >= 0.6 is 0 Å². The summed E-state index contributed by atoms with van der Waals surface area (Å²) in [5.74, 6) is 0.00954. The first-order valence-corrected chi connectivity index (χ1v) is 11.9. The first-order valence-electron chi connectivity index (χ1n) is 10.3. The van der Waals surface area contributed by atoms with Gasteiger partial charge in [0.1, 0.15) is 19.8 Å². The van der Waals surface area contributed by atoms with Gasteiger partial charge in [-0.1, -0.05) is 24.3 Å². The number of fused-ring (bicyclic) bond motifs is 2. The molecule has 0 aliphatic carbocycles. The van der Waals surface area contributed by atoms with Gasteiger partial charge < -0.3 is 14.4 Å². The van der Waals surface area contributed by atoms with Crippen LogP contribution < -0.4 is 9.47 Å². The number of likely N-dealkylation sites (tertiary alicyclic amines) is 1. The number of carbonyl (C=O) groups is 2. The Morgan fingerprint density at radius 2 is 1.84 bits per heavy atom. The lowest BCUT2D eigenvalue weighted by molar-refractivity contribution is -0.132. The molecule has 0 bridgehead atoms. The minimum Gasteiger partial charge on any atom is -0.486 e. The van der Waals surface area contributed by atoms with Crippen LogP contribution in [0.4, 0.5) is 0 Å². The molecule has 0 aromatic heterocycles. The highest BCUT2D eigenvalue weighted by atomic mass is 32.2. The van der Waals surface area contributed by atoms with Gasteiger partial charge in [0.15, 0.2) is 11.5 Å². The summed E-state index contributed by atoms with van der Waals surface area (Å²) in [6, 6.07) is 12.0. The Hall–Kier alpha value is -3.07. The number of nitrogens with zero attached hydrogens (tertiary/aromatic N) is 2. The minimum atomic E-state index is -3.91. The Morgan fingerprint density at radius 1 is 1.06 bits per heavy atom. The summed E-state index contributed by atoms with van der Waals surface area (Å²) >= 11 is 0. The van der Waals surface area contributed by atoms with E-state index in [0.717, 1.165) is 22.7 Å². The van der Waals surface area contributed by atoms with Crippen molar-refractivity contribution in [1.29, 1.82) is 0 Å². The van der Waals surface area contributed by atoms with E-state index in [4.69, 9.17) is 9.47 Å². The van der Waals surface area contributed by atoms with Gasteiger partial charge in [-0.25, -0.2) is 12.7 Å². The van der Waals surface area contributed by atoms with Crippen molar-refractivity contribution in [3.8, 4) is 11.5 Å². The third-order valence-electron chi connectivity index (χ3n) is 5.95. The summed E-state index contributed by atoms with van der Waals surface area (Å²) < 4.78 is 37.4. The highest BCUT2D eigenvalue weighted by molar-refractivity contribution is 7.89. The molecular formula is C22H22N2O6S. The molecule has 3 aliphatic heterocycles. The average molecular weight is 442 g/mol. The molecule has 2 amide bonds. The maximum absolute atomic E-state index is 13.1. The van der Waals surface area contributed by atoms with Gasteiger partial charge in [-0.15, -0.1) is 0 Å². The quantitative estimate of drug-likeness (QED) is 0.723. The average Bonchev–Trinajstić information content (AvgIpc) is 3.26. The second-order valence-electron chi connectivity index (χ2n) is 7.87. The second-order valence-corrected chi connectivity index (χ2v) is 9.77. The van der Waals surface area contributed by atoms with Gasteiger partial charge in [0.2, 0.25) is 15.9 Å². The van der Waals surface area contributed by atoms with Gasteiger partial charge in [0, 0.05) is 12.1 Å². The molecule has 0 N–H and O–H groups in total. The molecule has 3 heterocycles. The minimum absolute atomic E-state index is 0.196. The van der Waals surface area contributed by atoms with Crippen molar-refractivity contribution in [3.63, 3.8) is 0 Å². The van der Waals surface area contributed by atoms with E-state index in [9.17, 15) is 18.0 Å². The van der Waals surface area contributed by atoms with Crippen molar-refractivity contribution < 1.29 is 27.5 Å². The highest BCUT2D eigenvalue weighted by Crippen LogP contribution is 2.38. The van der Waals surface area contributed by atoms with E-state index in [2.05, 4.69) is 0 Å². The molecule has 1 atom stereocenters. The summed E-state index contributed by atoms with van der Waals surface area (Å²) in [5, 5.41) is 0. The van der Waals surface area contributed by atoms with Crippen LogP contribution in [0.3, 0.4) is 0 Å². The van der Waals surface area contributed by atoms with Crippen molar-refractivity contribution in [2.75, 3.05) is 26.3 Å². The molecule has 0 radical (unpaired) electrons. The van der Waals surface area contributed by atoms with Crippen LogP contribution in [0.5, 0.6) is 11.5 Å². The van der Waals surface area contributed by atoms with Gasteiger partial charge in [-0.2, -0.15) is 0 Å². The highest BCUT2D eigenvalue weighted by Gasteiger charge is 2.39. The van der Waals surface area contributed by atoms with E-state index in [1.807, 2.05) is 18.2 Å². The van der Waals surface area contributed by atoms with Gasteiger partial charge >= 0.3 is 0 Å². The summed E-state index contributed by atoms with van der Waals surface area (Å²) in [6.45, 7) is 0.995. The van der Waals surface area contributed by atoms with E-state index >= 15 is 0 Å². The van der Waals surface area contributed by atoms with Gasteiger partial charge in [0.25, 0.3) is 5.91 Å². The second kappa shape index (κ2) is 7.56. The standard InChI is InChI=1S/C22H22N2O6S/c25-21(13-24-22(26)17-5-2-1-4-16(17)14-31(24,27)28)23-9-3-6-18(23)15-7-8-19-20(12-15)30-11-10-29-19/h1-2,4-5,7-8,12,18H,3,6,9-11,13-14H2. The van der Waals surface area contributed by atoms with Crippen molar-refractivity contribution in [1.82, 2.24) is 9.21 Å². The van der Waals surface area contributed by atoms with Crippen molar-refractivity contribution in [3.05, 3.63) is 59.2 Å². The number of benzene rings is 2. The zero-order valence-corrected chi connectivity index (χ0v) is 17.6. The summed E-state index contributed by atoms with van der Waals surface area (Å²) in [5.41, 5.74) is 1.70. The van der Waals surface area contributed by atoms with Gasteiger partial charge in [-0.3, -0.25) is 9.59 Å². The van der Waals surface area contributed by atoms with E-state index in [-0.39, 0.29) is 17.7 Å². The molecule has 9 heteroatoms. The fourth-order valence-corrected chi connectivity index (χ4v) is 5.91. The van der Waals surface area contributed by atoms with E-state index < -0.39 is 22.5 Å². The first kappa shape index (κ1) is 19.9. The molecule has 3 aliphatic rings. The van der Waals surface area contributed by atoms with Crippen LogP contribution in [0.15, 0.2) is 42.5 Å². The molecular weight excluding hydrogens is 420 g/mol.